The second kappa shape index (κ2) is 9.55. The number of nitrogen functional groups attached to an aromatic ring is 1. The zero-order valence-electron chi connectivity index (χ0n) is 19.2. The summed E-state index contributed by atoms with van der Waals surface area (Å²) in [5, 5.41) is 0. The Morgan fingerprint density at radius 1 is 1.11 bits per heavy atom. The molecular weight excluding hydrogens is 444 g/mol. The maximum Gasteiger partial charge on any atom is 0.335 e. The number of carbonyl (C=O) groups is 1. The third-order valence-electron chi connectivity index (χ3n) is 6.21. The molecule has 2 aromatic carbocycles. The molecule has 35 heavy (non-hydrogen) atoms. The number of para-hydroxylation sites is 1. The van der Waals surface area contributed by atoms with E-state index in [1.165, 1.54) is 12.4 Å². The van der Waals surface area contributed by atoms with Crippen molar-refractivity contribution in [3.05, 3.63) is 84.1 Å². The molecular formula is C26H26N6O3. The van der Waals surface area contributed by atoms with Gasteiger partial charge in [-0.25, -0.2) is 14.8 Å². The van der Waals surface area contributed by atoms with Crippen molar-refractivity contribution in [3.8, 4) is 17.2 Å². The van der Waals surface area contributed by atoms with Gasteiger partial charge in [-0.2, -0.15) is 0 Å². The summed E-state index contributed by atoms with van der Waals surface area (Å²) in [5.41, 5.74) is 7.57. The fourth-order valence-corrected chi connectivity index (χ4v) is 4.59. The molecule has 1 atom stereocenters. The van der Waals surface area contributed by atoms with Crippen molar-refractivity contribution in [1.82, 2.24) is 24.0 Å². The minimum absolute atomic E-state index is 0.0372. The normalized spacial score (nSPS) is 16.3. The number of fused-ring (bicyclic) bond motifs is 1. The van der Waals surface area contributed by atoms with Gasteiger partial charge in [0.15, 0.2) is 17.2 Å². The van der Waals surface area contributed by atoms with Gasteiger partial charge in [-0.1, -0.05) is 24.8 Å². The first-order chi connectivity index (χ1) is 17.0. The molecule has 0 saturated carbocycles. The maximum atomic E-state index is 13.8. The number of likely N-dealkylation sites (tertiary alicyclic amines) is 1. The lowest BCUT2D eigenvalue weighted by molar-refractivity contribution is -0.116. The van der Waals surface area contributed by atoms with E-state index in [9.17, 15) is 9.59 Å². The largest absolute Gasteiger partial charge is 0.457 e. The van der Waals surface area contributed by atoms with Crippen LogP contribution in [0.2, 0.25) is 0 Å². The van der Waals surface area contributed by atoms with E-state index >= 15 is 0 Å². The van der Waals surface area contributed by atoms with Crippen molar-refractivity contribution < 1.29 is 9.53 Å². The number of piperidine rings is 1. The Kier molecular flexibility index (Phi) is 6.15. The van der Waals surface area contributed by atoms with E-state index in [0.717, 1.165) is 25.1 Å². The van der Waals surface area contributed by atoms with Crippen LogP contribution >= 0.6 is 0 Å². The zero-order chi connectivity index (χ0) is 24.4. The minimum atomic E-state index is -0.245. The number of anilines is 1. The predicted molar refractivity (Wildman–Crippen MR) is 134 cm³/mol. The Balaban J connectivity index is 1.52. The van der Waals surface area contributed by atoms with Crippen LogP contribution in [0.25, 0.3) is 16.9 Å². The van der Waals surface area contributed by atoms with E-state index in [1.54, 1.807) is 21.3 Å². The Labute approximate surface area is 202 Å². The molecule has 3 heterocycles. The quantitative estimate of drug-likeness (QED) is 0.413. The number of nitrogens with two attached hydrogens (primary N) is 1. The molecule has 0 bridgehead atoms. The van der Waals surface area contributed by atoms with Gasteiger partial charge in [-0.05, 0) is 61.9 Å². The fraction of sp³-hybridized carbons (Fsp3) is 0.231. The van der Waals surface area contributed by atoms with Crippen LogP contribution < -0.4 is 16.2 Å². The molecule has 2 aromatic heterocycles. The van der Waals surface area contributed by atoms with Crippen LogP contribution in [-0.4, -0.2) is 49.4 Å². The number of hydrogen-bond donors (Lipinski definition) is 1. The zero-order valence-corrected chi connectivity index (χ0v) is 19.2. The maximum absolute atomic E-state index is 13.8. The Bertz CT molecular complexity index is 1430. The summed E-state index contributed by atoms with van der Waals surface area (Å²) in [7, 11) is 0. The molecule has 2 N–H and O–H groups in total. The highest BCUT2D eigenvalue weighted by molar-refractivity contribution is 5.90. The molecule has 0 radical (unpaired) electrons. The first kappa shape index (κ1) is 22.5. The number of nitrogens with zero attached hydrogens (tertiary/aromatic N) is 5. The molecule has 9 heteroatoms. The molecule has 1 aliphatic rings. The van der Waals surface area contributed by atoms with Crippen molar-refractivity contribution in [2.75, 3.05) is 25.4 Å². The lowest BCUT2D eigenvalue weighted by Crippen LogP contribution is -2.41. The standard InChI is InChI=1S/C26H26N6O3/c1-2-20(33)16-30-14-6-7-19(15-30)32-25-23(24(27)28-17-29-25)31(26(32)34)18-10-12-22(13-11-18)35-21-8-4-3-5-9-21/h2-5,8-13,17,19H,1,6-7,14-16H2,(H2,27,28,29). The van der Waals surface area contributed by atoms with Crippen molar-refractivity contribution >= 4 is 22.8 Å². The van der Waals surface area contributed by atoms with Gasteiger partial charge in [0.25, 0.3) is 0 Å². The van der Waals surface area contributed by atoms with Gasteiger partial charge in [0.1, 0.15) is 23.3 Å². The molecule has 0 aliphatic carbocycles. The van der Waals surface area contributed by atoms with Crippen LogP contribution in [0.1, 0.15) is 18.9 Å². The molecule has 9 nitrogen and oxygen atoms in total. The Morgan fingerprint density at radius 2 is 1.86 bits per heavy atom. The van der Waals surface area contributed by atoms with Crippen LogP contribution in [0, 0.1) is 0 Å². The summed E-state index contributed by atoms with van der Waals surface area (Å²) in [6.45, 7) is 5.20. The number of hydrogen-bond acceptors (Lipinski definition) is 7. The van der Waals surface area contributed by atoms with E-state index in [-0.39, 0.29) is 29.9 Å². The van der Waals surface area contributed by atoms with Gasteiger partial charge in [0.05, 0.1) is 18.3 Å². The van der Waals surface area contributed by atoms with E-state index < -0.39 is 0 Å². The summed E-state index contributed by atoms with van der Waals surface area (Å²) in [5.74, 6) is 1.56. The highest BCUT2D eigenvalue weighted by atomic mass is 16.5. The number of imidazole rings is 1. The number of rotatable bonds is 7. The number of ketones is 1. The molecule has 0 spiro atoms. The SMILES string of the molecule is C=CC(=O)CN1CCCC(n2c(=O)n(-c3ccc(Oc4ccccc4)cc3)c3c(N)ncnc32)C1. The number of carbonyl (C=O) groups excluding carboxylic acids is 1. The lowest BCUT2D eigenvalue weighted by Gasteiger charge is -2.32. The molecule has 1 saturated heterocycles. The number of ether oxygens (including phenoxy) is 1. The Morgan fingerprint density at radius 3 is 2.60 bits per heavy atom. The highest BCUT2D eigenvalue weighted by Gasteiger charge is 2.28. The molecule has 178 valence electrons. The molecule has 1 fully saturated rings. The molecule has 1 unspecified atom stereocenters. The molecule has 1 aliphatic heterocycles. The average molecular weight is 471 g/mol. The first-order valence-electron chi connectivity index (χ1n) is 11.5. The van der Waals surface area contributed by atoms with Crippen molar-refractivity contribution in [1.29, 1.82) is 0 Å². The monoisotopic (exact) mass is 470 g/mol. The van der Waals surface area contributed by atoms with E-state index in [4.69, 9.17) is 10.5 Å². The summed E-state index contributed by atoms with van der Waals surface area (Å²) in [6.07, 6.45) is 4.36. The molecule has 5 rings (SSSR count). The van der Waals surface area contributed by atoms with Gasteiger partial charge in [0, 0.05) is 6.54 Å². The highest BCUT2D eigenvalue weighted by Crippen LogP contribution is 2.28. The van der Waals surface area contributed by atoms with Crippen molar-refractivity contribution in [3.63, 3.8) is 0 Å². The number of aromatic nitrogens is 4. The minimum Gasteiger partial charge on any atom is -0.457 e. The van der Waals surface area contributed by atoms with Crippen molar-refractivity contribution in [2.45, 2.75) is 18.9 Å². The third kappa shape index (κ3) is 4.45. The Hall–Kier alpha value is -4.24. The second-order valence-corrected chi connectivity index (χ2v) is 8.53. The van der Waals surface area contributed by atoms with Gasteiger partial charge in [0.2, 0.25) is 0 Å². The van der Waals surface area contributed by atoms with E-state index in [0.29, 0.717) is 29.1 Å². The van der Waals surface area contributed by atoms with Crippen molar-refractivity contribution in [2.24, 2.45) is 0 Å². The van der Waals surface area contributed by atoms with Gasteiger partial charge in [-0.15, -0.1) is 0 Å². The summed E-state index contributed by atoms with van der Waals surface area (Å²) in [6, 6.07) is 16.6. The van der Waals surface area contributed by atoms with E-state index in [2.05, 4.69) is 16.5 Å². The number of benzene rings is 2. The van der Waals surface area contributed by atoms with Gasteiger partial charge >= 0.3 is 5.69 Å². The third-order valence-corrected chi connectivity index (χ3v) is 6.21. The summed E-state index contributed by atoms with van der Waals surface area (Å²) < 4.78 is 9.11. The van der Waals surface area contributed by atoms with Crippen LogP contribution in [-0.2, 0) is 4.79 Å². The average Bonchev–Trinajstić information content (AvgIpc) is 3.18. The van der Waals surface area contributed by atoms with E-state index in [1.807, 2.05) is 47.4 Å². The predicted octanol–water partition coefficient (Wildman–Crippen LogP) is 3.35. The van der Waals surface area contributed by atoms with Gasteiger partial charge in [-0.3, -0.25) is 18.8 Å². The van der Waals surface area contributed by atoms with Crippen LogP contribution in [0.5, 0.6) is 11.5 Å². The second-order valence-electron chi connectivity index (χ2n) is 8.53. The summed E-state index contributed by atoms with van der Waals surface area (Å²) >= 11 is 0. The molecule has 0 amide bonds. The van der Waals surface area contributed by atoms with Crippen LogP contribution in [0.4, 0.5) is 5.82 Å². The lowest BCUT2D eigenvalue weighted by atomic mass is 10.1. The topological polar surface area (TPSA) is 108 Å². The van der Waals surface area contributed by atoms with Crippen LogP contribution in [0.3, 0.4) is 0 Å². The first-order valence-corrected chi connectivity index (χ1v) is 11.5. The smallest absolute Gasteiger partial charge is 0.335 e. The van der Waals surface area contributed by atoms with Gasteiger partial charge < -0.3 is 10.5 Å². The summed E-state index contributed by atoms with van der Waals surface area (Å²) in [4.78, 5) is 36.3. The molecule has 4 aromatic rings. The fourth-order valence-electron chi connectivity index (χ4n) is 4.59. The van der Waals surface area contributed by atoms with Crippen LogP contribution in [0.15, 0.2) is 78.4 Å².